The molecule has 0 radical (unpaired) electrons. The summed E-state index contributed by atoms with van der Waals surface area (Å²) in [6.07, 6.45) is 36.7. The monoisotopic (exact) mass is 1760 g/mol. The van der Waals surface area contributed by atoms with Crippen molar-refractivity contribution in [2.45, 2.75) is 351 Å². The van der Waals surface area contributed by atoms with E-state index in [4.69, 9.17) is 4.74 Å². The minimum Gasteiger partial charge on any atom is -0.448 e. The van der Waals surface area contributed by atoms with Gasteiger partial charge in [-0.3, -0.25) is 14.4 Å². The highest BCUT2D eigenvalue weighted by atomic mass is 32.2. The second kappa shape index (κ2) is 70.0. The zero-order valence-electron chi connectivity index (χ0n) is 78.3. The number of carbonyl (C=O) groups excluding carboxylic acids is 4. The number of hydrogen-bond donors (Lipinski definition) is 2. The summed E-state index contributed by atoms with van der Waals surface area (Å²) in [6, 6.07) is 0. The van der Waals surface area contributed by atoms with Crippen molar-refractivity contribution >= 4 is 82.9 Å². The number of sulfonamides is 1. The topological polar surface area (TPSA) is 313 Å². The van der Waals surface area contributed by atoms with Crippen molar-refractivity contribution in [1.29, 1.82) is 0 Å². The molecule has 0 bridgehead atoms. The predicted octanol–water partition coefficient (Wildman–Crippen LogP) is 19.3. The van der Waals surface area contributed by atoms with Gasteiger partial charge in [-0.05, 0) is 181 Å². The molecule has 0 aromatic carbocycles. The van der Waals surface area contributed by atoms with Crippen molar-refractivity contribution in [1.82, 2.24) is 19.8 Å². The van der Waals surface area contributed by atoms with Gasteiger partial charge in [-0.2, -0.15) is 0 Å². The quantitative estimate of drug-likeness (QED) is 0.0535. The molecule has 27 heteroatoms. The minimum atomic E-state index is -2.97. The lowest BCUT2D eigenvalue weighted by Crippen LogP contribution is -2.36. The molecule has 4 heterocycles. The van der Waals surface area contributed by atoms with Crippen molar-refractivity contribution in [3.8, 4) is 0 Å². The molecular formula is C88H182N4O17S6. The molecule has 1 aliphatic carbocycles. The summed E-state index contributed by atoms with van der Waals surface area (Å²) in [5, 5.41) is 2.79. The standard InChI is InChI=1S/C11H20O.C10H19NO.C10H21NO.C9H17NO2.C9H18O2S.C9H20O2S.2C8H18O2S.C7H17NO2S.C7H14O2S/c1-9(2)5-3-6-10-7-4-8-11(10)12;1-9(2)5-3-7-11-8-4-6-10(11)12;1-4-11-10(12)8-6-5-7-9(2)3;1-8(2)4-3-5-10-6-7-12-9(10)11;1-8(2)4-3-5-9-6-12(10,11)7-9;1-4-12(10,11)8-6-5-7-9(2)3;2*1-8(2)6-4-5-7-11(3,9)10;1-7(2)5-4-6-8-11(3,9)10;1-6(2)3-7-4-10(8,9)5-7/h9-10H,3-8H2,1-2H3;9H,3-8H2,1-2H3;9H,4-8H2,1-3H3,(H,11,12);8H,3-7H2,1-2H3;8-9H,3-7H2,1-2H3;9H,4-8H2,1-3H3;2*8H,4-7H2,1-3H3;7-8H,4-6H2,1-3H3;6-7H,3-5H2,1-2H3. The summed E-state index contributed by atoms with van der Waals surface area (Å²) < 4.78 is 136. The minimum absolute atomic E-state index is 0.140. The largest absolute Gasteiger partial charge is 0.448 e. The fraction of sp³-hybridized carbons (Fsp3) is 0.955. The van der Waals surface area contributed by atoms with Gasteiger partial charge in [-0.1, -0.05) is 222 Å². The van der Waals surface area contributed by atoms with Crippen LogP contribution in [0.1, 0.15) is 351 Å². The Kier molecular flexibility index (Phi) is 73.7. The van der Waals surface area contributed by atoms with Gasteiger partial charge in [0.1, 0.15) is 41.9 Å². The van der Waals surface area contributed by atoms with Crippen LogP contribution in [0, 0.1) is 76.9 Å². The van der Waals surface area contributed by atoms with E-state index in [-0.39, 0.29) is 17.8 Å². The average Bonchev–Trinajstić information content (AvgIpc) is 1.80. The van der Waals surface area contributed by atoms with E-state index in [0.717, 1.165) is 197 Å². The first-order valence-electron chi connectivity index (χ1n) is 44.9. The van der Waals surface area contributed by atoms with Crippen LogP contribution < -0.4 is 10.0 Å². The number of cyclic esters (lactones) is 1. The average molecular weight is 1760 g/mol. The molecule has 3 amide bonds. The summed E-state index contributed by atoms with van der Waals surface area (Å²) in [5.41, 5.74) is 0. The first kappa shape index (κ1) is 121. The van der Waals surface area contributed by atoms with Crippen LogP contribution in [0.4, 0.5) is 4.79 Å². The van der Waals surface area contributed by atoms with Crippen molar-refractivity contribution < 1.29 is 74.4 Å². The number of hydrogen-bond acceptors (Lipinski definition) is 17. The lowest BCUT2D eigenvalue weighted by molar-refractivity contribution is -0.127. The summed E-state index contributed by atoms with van der Waals surface area (Å²) in [4.78, 5) is 48.1. The Bertz CT molecular complexity index is 2920. The van der Waals surface area contributed by atoms with Gasteiger partial charge in [0.25, 0.3) is 0 Å². The maximum atomic E-state index is 11.2. The number of rotatable bonds is 45. The van der Waals surface area contributed by atoms with Crippen molar-refractivity contribution in [3.63, 3.8) is 0 Å². The molecule has 5 rings (SSSR count). The van der Waals surface area contributed by atoms with Crippen LogP contribution in [0.3, 0.4) is 0 Å². The molecule has 5 fully saturated rings. The first-order valence-corrected chi connectivity index (χ1v) is 56.4. The molecule has 5 aliphatic rings. The first-order chi connectivity index (χ1) is 53.0. The van der Waals surface area contributed by atoms with Gasteiger partial charge in [0.05, 0.1) is 41.6 Å². The molecule has 1 saturated carbocycles. The zero-order chi connectivity index (χ0) is 89.6. The van der Waals surface area contributed by atoms with Gasteiger partial charge in [-0.15, -0.1) is 0 Å². The van der Waals surface area contributed by atoms with E-state index >= 15 is 0 Å². The van der Waals surface area contributed by atoms with E-state index in [2.05, 4.69) is 149 Å². The fourth-order valence-corrected chi connectivity index (χ4v) is 19.0. The summed E-state index contributed by atoms with van der Waals surface area (Å²) in [6.45, 7) is 52.8. The van der Waals surface area contributed by atoms with Crippen molar-refractivity contribution in [2.24, 2.45) is 76.9 Å². The molecule has 1 unspecified atom stereocenters. The third kappa shape index (κ3) is 92.1. The Hall–Kier alpha value is -2.46. The number of sulfone groups is 5. The maximum Gasteiger partial charge on any atom is 0.409 e. The lowest BCUT2D eigenvalue weighted by Gasteiger charge is -2.26. The summed E-state index contributed by atoms with van der Waals surface area (Å²) >= 11 is 0. The number of amides is 3. The molecule has 21 nitrogen and oxygen atoms in total. The van der Waals surface area contributed by atoms with E-state index in [1.807, 2.05) is 11.8 Å². The molecule has 692 valence electrons. The maximum absolute atomic E-state index is 11.2. The summed E-state index contributed by atoms with van der Waals surface area (Å²) in [7, 11) is -16.3. The van der Waals surface area contributed by atoms with E-state index in [1.165, 1.54) is 76.6 Å². The van der Waals surface area contributed by atoms with Crippen LogP contribution in [0.15, 0.2) is 0 Å². The van der Waals surface area contributed by atoms with Crippen LogP contribution in [0.25, 0.3) is 0 Å². The number of Topliss-reactive ketones (excluding diaryl/α,β-unsaturated/α-hetero) is 1. The Labute approximate surface area is 711 Å². The third-order valence-corrected chi connectivity index (χ3v) is 28.0. The second-order valence-electron chi connectivity index (χ2n) is 37.3. The van der Waals surface area contributed by atoms with Crippen LogP contribution >= 0.6 is 0 Å². The number of unbranched alkanes of at least 4 members (excludes halogenated alkanes) is 4. The third-order valence-electron chi connectivity index (χ3n) is 19.5. The van der Waals surface area contributed by atoms with Crippen LogP contribution in [0.5, 0.6) is 0 Å². The predicted molar refractivity (Wildman–Crippen MR) is 489 cm³/mol. The molecule has 4 saturated heterocycles. The van der Waals surface area contributed by atoms with E-state index in [0.29, 0.717) is 119 Å². The highest BCUT2D eigenvalue weighted by molar-refractivity contribution is 7.93. The Morgan fingerprint density at radius 2 is 0.826 bits per heavy atom. The van der Waals surface area contributed by atoms with Crippen LogP contribution in [-0.4, -0.2) is 195 Å². The Morgan fingerprint density at radius 1 is 0.443 bits per heavy atom. The van der Waals surface area contributed by atoms with Gasteiger partial charge in [-0.25, -0.2) is 60.0 Å². The molecule has 1 atom stereocenters. The van der Waals surface area contributed by atoms with Gasteiger partial charge < -0.3 is 19.9 Å². The smallest absolute Gasteiger partial charge is 0.409 e. The number of ketones is 1. The van der Waals surface area contributed by atoms with E-state index in [9.17, 15) is 69.7 Å². The lowest BCUT2D eigenvalue weighted by atomic mass is 9.97. The Balaban J connectivity index is -0.000000390. The number of nitrogens with one attached hydrogen (secondary N) is 2. The number of ether oxygens (including phenoxy) is 1. The number of likely N-dealkylation sites (tertiary alicyclic amines) is 1. The highest BCUT2D eigenvalue weighted by Crippen LogP contribution is 2.28. The molecule has 4 aliphatic heterocycles. The van der Waals surface area contributed by atoms with Crippen molar-refractivity contribution in [2.75, 3.05) is 111 Å². The zero-order valence-corrected chi connectivity index (χ0v) is 83.2. The fourth-order valence-electron chi connectivity index (χ4n) is 12.8. The van der Waals surface area contributed by atoms with Gasteiger partial charge in [0.15, 0.2) is 19.7 Å². The van der Waals surface area contributed by atoms with E-state index < -0.39 is 59.2 Å². The van der Waals surface area contributed by atoms with E-state index in [1.54, 1.807) is 11.8 Å². The molecule has 0 aromatic rings. The highest BCUT2D eigenvalue weighted by Gasteiger charge is 2.34. The van der Waals surface area contributed by atoms with Gasteiger partial charge in [0, 0.05) is 87.7 Å². The molecule has 115 heavy (non-hydrogen) atoms. The summed E-state index contributed by atoms with van der Waals surface area (Å²) in [5.74, 6) is 12.7. The Morgan fingerprint density at radius 3 is 1.17 bits per heavy atom. The van der Waals surface area contributed by atoms with Gasteiger partial charge in [0.2, 0.25) is 21.8 Å². The van der Waals surface area contributed by atoms with Crippen LogP contribution in [-0.2, 0) is 78.3 Å². The van der Waals surface area contributed by atoms with Gasteiger partial charge >= 0.3 is 6.09 Å². The SMILES string of the molecule is CC(C)CC1CS(=O)(=O)C1.CC(C)CCCC1CCCC1=O.CC(C)CCCC1CS(=O)(=O)C1.CC(C)CCCCS(C)(=O)=O.CC(C)CCCCS(C)(=O)=O.CC(C)CCCN1CCCC1=O.CC(C)CCCN1CCOC1=O.CC(C)CCCNS(C)(=O)=O.CCNC(=O)CCCCC(C)C.CCS(=O)(=O)CCCCC(C)C. The number of carbonyl (C=O) groups is 4. The molecular weight excluding hydrogens is 1580 g/mol. The van der Waals surface area contributed by atoms with Crippen LogP contribution in [0.2, 0.25) is 0 Å². The normalized spacial score (nSPS) is 16.6. The molecule has 2 N–H and O–H groups in total. The molecule has 0 aromatic heterocycles. The number of nitrogens with zero attached hydrogens (tertiary/aromatic N) is 2. The van der Waals surface area contributed by atoms with Crippen molar-refractivity contribution in [3.05, 3.63) is 0 Å². The molecule has 0 spiro atoms. The second-order valence-corrected chi connectivity index (χ2v) is 50.5.